The quantitative estimate of drug-likeness (QED) is 0.913. The van der Waals surface area contributed by atoms with Crippen LogP contribution in [0.2, 0.25) is 0 Å². The Morgan fingerprint density at radius 2 is 1.95 bits per heavy atom. The van der Waals surface area contributed by atoms with E-state index in [9.17, 15) is 13.2 Å². The van der Waals surface area contributed by atoms with Gasteiger partial charge in [-0.3, -0.25) is 0 Å². The third-order valence-electron chi connectivity index (χ3n) is 3.83. The van der Waals surface area contributed by atoms with Crippen molar-refractivity contribution in [3.63, 3.8) is 0 Å². The standard InChI is InChI=1S/C15H15F3N2S/c16-15(17,18)11-4-2-10(3-5-11)14-20-12-6-1-9(8-19)7-13(12)21-14/h2-5,9H,1,6-8,19H2. The Hall–Kier alpha value is -1.40. The van der Waals surface area contributed by atoms with E-state index in [4.69, 9.17) is 5.73 Å². The second-order valence-corrected chi connectivity index (χ2v) is 6.39. The van der Waals surface area contributed by atoms with Gasteiger partial charge >= 0.3 is 6.18 Å². The Labute approximate surface area is 124 Å². The largest absolute Gasteiger partial charge is 0.416 e. The first-order valence-electron chi connectivity index (χ1n) is 6.83. The molecule has 21 heavy (non-hydrogen) atoms. The van der Waals surface area contributed by atoms with Crippen molar-refractivity contribution < 1.29 is 13.2 Å². The van der Waals surface area contributed by atoms with E-state index in [1.165, 1.54) is 17.0 Å². The van der Waals surface area contributed by atoms with Crippen LogP contribution in [0.15, 0.2) is 24.3 Å². The number of nitrogens with two attached hydrogens (primary N) is 1. The summed E-state index contributed by atoms with van der Waals surface area (Å²) in [6.45, 7) is 0.674. The van der Waals surface area contributed by atoms with Crippen LogP contribution < -0.4 is 5.73 Å². The summed E-state index contributed by atoms with van der Waals surface area (Å²) < 4.78 is 37.7. The molecule has 6 heteroatoms. The first-order chi connectivity index (χ1) is 9.97. The lowest BCUT2D eigenvalue weighted by molar-refractivity contribution is -0.137. The number of aromatic nitrogens is 1. The summed E-state index contributed by atoms with van der Waals surface area (Å²) in [5, 5.41) is 0.798. The smallest absolute Gasteiger partial charge is 0.330 e. The molecule has 1 aromatic carbocycles. The van der Waals surface area contributed by atoms with Gasteiger partial charge in [-0.15, -0.1) is 11.3 Å². The van der Waals surface area contributed by atoms with E-state index in [0.29, 0.717) is 12.5 Å². The zero-order valence-electron chi connectivity index (χ0n) is 11.3. The Kier molecular flexibility index (Phi) is 3.75. The summed E-state index contributed by atoms with van der Waals surface area (Å²) >= 11 is 1.57. The van der Waals surface area contributed by atoms with E-state index in [1.807, 2.05) is 0 Å². The SMILES string of the molecule is NCC1CCc2nc(-c3ccc(C(F)(F)F)cc3)sc2C1. The van der Waals surface area contributed by atoms with Gasteiger partial charge in [0.1, 0.15) is 5.01 Å². The normalized spacial score (nSPS) is 18.6. The van der Waals surface area contributed by atoms with Crippen molar-refractivity contribution in [2.75, 3.05) is 6.54 Å². The van der Waals surface area contributed by atoms with Gasteiger partial charge in [0.15, 0.2) is 0 Å². The van der Waals surface area contributed by atoms with Crippen LogP contribution in [0.25, 0.3) is 10.6 Å². The third-order valence-corrected chi connectivity index (χ3v) is 5.00. The molecule has 1 aliphatic rings. The Balaban J connectivity index is 1.87. The monoisotopic (exact) mass is 312 g/mol. The highest BCUT2D eigenvalue weighted by Gasteiger charge is 2.30. The Morgan fingerprint density at radius 3 is 2.57 bits per heavy atom. The van der Waals surface area contributed by atoms with E-state index < -0.39 is 11.7 Å². The molecule has 1 aromatic heterocycles. The van der Waals surface area contributed by atoms with Crippen LogP contribution in [0.3, 0.4) is 0 Å². The number of rotatable bonds is 2. The average molecular weight is 312 g/mol. The topological polar surface area (TPSA) is 38.9 Å². The van der Waals surface area contributed by atoms with Crippen molar-refractivity contribution in [2.45, 2.75) is 25.4 Å². The number of halogens is 3. The van der Waals surface area contributed by atoms with E-state index in [1.54, 1.807) is 11.3 Å². The summed E-state index contributed by atoms with van der Waals surface area (Å²) in [7, 11) is 0. The van der Waals surface area contributed by atoms with Gasteiger partial charge in [0.2, 0.25) is 0 Å². The highest BCUT2D eigenvalue weighted by atomic mass is 32.1. The van der Waals surface area contributed by atoms with Gasteiger partial charge in [-0.05, 0) is 43.9 Å². The molecule has 1 unspecified atom stereocenters. The van der Waals surface area contributed by atoms with E-state index >= 15 is 0 Å². The van der Waals surface area contributed by atoms with Crippen LogP contribution in [0.1, 0.15) is 22.6 Å². The minimum absolute atomic E-state index is 0.499. The summed E-state index contributed by atoms with van der Waals surface area (Å²) in [5.41, 5.74) is 6.91. The second-order valence-electron chi connectivity index (χ2n) is 5.31. The number of nitrogens with zero attached hydrogens (tertiary/aromatic N) is 1. The Bertz CT molecular complexity index is 631. The minimum Gasteiger partial charge on any atom is -0.330 e. The highest BCUT2D eigenvalue weighted by molar-refractivity contribution is 7.15. The van der Waals surface area contributed by atoms with Gasteiger partial charge in [-0.2, -0.15) is 13.2 Å². The zero-order chi connectivity index (χ0) is 15.0. The maximum atomic E-state index is 12.6. The summed E-state index contributed by atoms with van der Waals surface area (Å²) in [4.78, 5) is 5.81. The van der Waals surface area contributed by atoms with Crippen LogP contribution in [-0.2, 0) is 19.0 Å². The predicted molar refractivity (Wildman–Crippen MR) is 77.1 cm³/mol. The minimum atomic E-state index is -4.30. The molecule has 0 aliphatic heterocycles. The number of alkyl halides is 3. The molecule has 0 spiro atoms. The van der Waals surface area contributed by atoms with Crippen molar-refractivity contribution in [3.8, 4) is 10.6 Å². The molecular weight excluding hydrogens is 297 g/mol. The number of hydrogen-bond donors (Lipinski definition) is 1. The first-order valence-corrected chi connectivity index (χ1v) is 7.65. The van der Waals surface area contributed by atoms with Crippen molar-refractivity contribution in [1.82, 2.24) is 4.98 Å². The third kappa shape index (κ3) is 2.96. The lowest BCUT2D eigenvalue weighted by Crippen LogP contribution is -2.21. The van der Waals surface area contributed by atoms with Crippen LogP contribution in [0, 0.1) is 5.92 Å². The van der Waals surface area contributed by atoms with Crippen LogP contribution in [0.4, 0.5) is 13.2 Å². The van der Waals surface area contributed by atoms with Crippen LogP contribution in [-0.4, -0.2) is 11.5 Å². The van der Waals surface area contributed by atoms with Gasteiger partial charge in [-0.1, -0.05) is 12.1 Å². The molecule has 3 rings (SSSR count). The van der Waals surface area contributed by atoms with Crippen molar-refractivity contribution in [1.29, 1.82) is 0 Å². The fourth-order valence-electron chi connectivity index (χ4n) is 2.57. The van der Waals surface area contributed by atoms with Crippen molar-refractivity contribution >= 4 is 11.3 Å². The summed E-state index contributed by atoms with van der Waals surface area (Å²) in [5.74, 6) is 0.499. The molecule has 2 nitrogen and oxygen atoms in total. The van der Waals surface area contributed by atoms with Crippen LogP contribution in [0.5, 0.6) is 0 Å². The number of benzene rings is 1. The molecule has 0 saturated carbocycles. The van der Waals surface area contributed by atoms with Crippen LogP contribution >= 0.6 is 11.3 Å². The van der Waals surface area contributed by atoms with E-state index in [0.717, 1.165) is 47.7 Å². The predicted octanol–water partition coefficient (Wildman–Crippen LogP) is 3.89. The molecule has 0 saturated heterocycles. The maximum Gasteiger partial charge on any atom is 0.416 e. The molecule has 0 radical (unpaired) electrons. The number of aryl methyl sites for hydroxylation is 1. The Morgan fingerprint density at radius 1 is 1.24 bits per heavy atom. The van der Waals surface area contributed by atoms with Crippen molar-refractivity contribution in [3.05, 3.63) is 40.4 Å². The van der Waals surface area contributed by atoms with Gasteiger partial charge in [-0.25, -0.2) is 4.98 Å². The zero-order valence-corrected chi connectivity index (χ0v) is 12.1. The number of fused-ring (bicyclic) bond motifs is 1. The molecule has 2 aromatic rings. The molecule has 1 heterocycles. The maximum absolute atomic E-state index is 12.6. The number of thiazole rings is 1. The van der Waals surface area contributed by atoms with E-state index in [-0.39, 0.29) is 0 Å². The van der Waals surface area contributed by atoms with Crippen molar-refractivity contribution in [2.24, 2.45) is 11.7 Å². The average Bonchev–Trinajstić information content (AvgIpc) is 2.89. The molecule has 1 aliphatic carbocycles. The van der Waals surface area contributed by atoms with Gasteiger partial charge in [0.05, 0.1) is 11.3 Å². The summed E-state index contributed by atoms with van der Waals surface area (Å²) in [6, 6.07) is 5.21. The lowest BCUT2D eigenvalue weighted by Gasteiger charge is -2.18. The highest BCUT2D eigenvalue weighted by Crippen LogP contribution is 2.36. The van der Waals surface area contributed by atoms with E-state index in [2.05, 4.69) is 4.98 Å². The summed E-state index contributed by atoms with van der Waals surface area (Å²) in [6.07, 6.45) is -1.41. The molecule has 0 bridgehead atoms. The fraction of sp³-hybridized carbons (Fsp3) is 0.400. The van der Waals surface area contributed by atoms with Gasteiger partial charge in [0.25, 0.3) is 0 Å². The fourth-order valence-corrected chi connectivity index (χ4v) is 3.80. The molecule has 0 amide bonds. The lowest BCUT2D eigenvalue weighted by atomic mass is 9.91. The second kappa shape index (κ2) is 5.42. The molecule has 1 atom stereocenters. The number of hydrogen-bond acceptors (Lipinski definition) is 3. The van der Waals surface area contributed by atoms with Gasteiger partial charge in [0, 0.05) is 10.4 Å². The molecule has 112 valence electrons. The molecule has 2 N–H and O–H groups in total. The first kappa shape index (κ1) is 14.5. The van der Waals surface area contributed by atoms with Gasteiger partial charge < -0.3 is 5.73 Å². The molecular formula is C15H15F3N2S. The molecule has 0 fully saturated rings.